The molecule has 0 aromatic rings. The maximum Gasteiger partial charge on any atom is 0.308 e. The van der Waals surface area contributed by atoms with E-state index in [2.05, 4.69) is 27.7 Å². The van der Waals surface area contributed by atoms with Gasteiger partial charge in [0.15, 0.2) is 0 Å². The van der Waals surface area contributed by atoms with Gasteiger partial charge in [-0.2, -0.15) is 0 Å². The van der Waals surface area contributed by atoms with E-state index in [1.807, 2.05) is 0 Å². The Morgan fingerprint density at radius 2 is 0.712 bits per heavy atom. The summed E-state index contributed by atoms with van der Waals surface area (Å²) in [4.78, 5) is 25.5. The number of carbonyl (C=O) groups is 2. The van der Waals surface area contributed by atoms with Crippen LogP contribution >= 0.6 is 0 Å². The van der Waals surface area contributed by atoms with Gasteiger partial charge in [0.05, 0.1) is 91.1 Å². The van der Waals surface area contributed by atoms with Crippen molar-refractivity contribution in [3.8, 4) is 0 Å². The Morgan fingerprint density at radius 1 is 0.356 bits per heavy atom. The molecule has 0 aromatic heterocycles. The van der Waals surface area contributed by atoms with Gasteiger partial charge in [0.2, 0.25) is 0 Å². The van der Waals surface area contributed by atoms with Gasteiger partial charge >= 0.3 is 11.9 Å². The van der Waals surface area contributed by atoms with Crippen LogP contribution < -0.4 is 0 Å². The lowest BCUT2D eigenvalue weighted by atomic mass is 9.95. The molecular formula is C48H94O11. The Labute approximate surface area is 362 Å². The minimum absolute atomic E-state index is 0.000426. The monoisotopic (exact) mass is 847 g/mol. The fraction of sp³-hybridized carbons (Fsp3) is 0.958. The molecule has 3 unspecified atom stereocenters. The smallest absolute Gasteiger partial charge is 0.308 e. The molecule has 0 saturated heterocycles. The first-order valence-electron chi connectivity index (χ1n) is 24.4. The second kappa shape index (κ2) is 47.7. The van der Waals surface area contributed by atoms with Gasteiger partial charge in [0.25, 0.3) is 0 Å². The number of methoxy groups -OCH3 is 1. The number of hydrogen-bond donors (Lipinski definition) is 0. The lowest BCUT2D eigenvalue weighted by Gasteiger charge is -2.19. The molecule has 0 aliphatic rings. The molecular weight excluding hydrogens is 753 g/mol. The van der Waals surface area contributed by atoms with Crippen molar-refractivity contribution in [1.29, 1.82) is 0 Å². The standard InChI is InChI=1S/C48H94O11/c1-6-10-14-20-28-44(26-12-8-3)47(49)58-32-24-17-16-22-30-55-42-46(43-56-41-40-54-39-38-53-37-36-52-35-34-51-5)57-31-23-18-19-25-33-59-48(50)45(27-13-9-4)29-21-15-11-7-2/h44-46H,6-43H2,1-5H3. The highest BCUT2D eigenvalue weighted by Crippen LogP contribution is 2.21. The van der Waals surface area contributed by atoms with Crippen LogP contribution in [0.15, 0.2) is 0 Å². The Balaban J connectivity index is 4.43. The third-order valence-corrected chi connectivity index (χ3v) is 10.5. The molecule has 0 aromatic carbocycles. The summed E-state index contributed by atoms with van der Waals surface area (Å²) in [6.07, 6.45) is 25.3. The van der Waals surface area contributed by atoms with Gasteiger partial charge in [-0.3, -0.25) is 9.59 Å². The molecule has 0 radical (unpaired) electrons. The zero-order valence-electron chi connectivity index (χ0n) is 39.1. The van der Waals surface area contributed by atoms with E-state index in [0.29, 0.717) is 92.5 Å². The Kier molecular flexibility index (Phi) is 46.6. The molecule has 0 aliphatic carbocycles. The first-order valence-corrected chi connectivity index (χ1v) is 24.4. The van der Waals surface area contributed by atoms with Crippen molar-refractivity contribution in [2.24, 2.45) is 11.8 Å². The van der Waals surface area contributed by atoms with Gasteiger partial charge in [-0.25, -0.2) is 0 Å². The van der Waals surface area contributed by atoms with E-state index in [1.54, 1.807) is 7.11 Å². The van der Waals surface area contributed by atoms with E-state index in [9.17, 15) is 9.59 Å². The van der Waals surface area contributed by atoms with E-state index >= 15 is 0 Å². The van der Waals surface area contributed by atoms with Gasteiger partial charge in [0.1, 0.15) is 6.10 Å². The molecule has 0 fully saturated rings. The summed E-state index contributed by atoms with van der Waals surface area (Å²) < 4.78 is 51.1. The average Bonchev–Trinajstić information content (AvgIpc) is 3.24. The minimum atomic E-state index is -0.156. The van der Waals surface area contributed by atoms with Crippen LogP contribution in [0.4, 0.5) is 0 Å². The Hall–Kier alpha value is -1.34. The number of carbonyl (C=O) groups excluding carboxylic acids is 2. The van der Waals surface area contributed by atoms with E-state index in [1.165, 1.54) is 38.5 Å². The topological polar surface area (TPSA) is 117 Å². The predicted octanol–water partition coefficient (Wildman–Crippen LogP) is 10.9. The Bertz CT molecular complexity index is 861. The third kappa shape index (κ3) is 40.5. The first-order chi connectivity index (χ1) is 29.0. The third-order valence-electron chi connectivity index (χ3n) is 10.5. The molecule has 352 valence electrons. The van der Waals surface area contributed by atoms with Crippen LogP contribution in [0.5, 0.6) is 0 Å². The summed E-state index contributed by atoms with van der Waals surface area (Å²) in [7, 11) is 1.65. The molecule has 0 bridgehead atoms. The van der Waals surface area contributed by atoms with Gasteiger partial charge in [-0.1, -0.05) is 118 Å². The summed E-state index contributed by atoms with van der Waals surface area (Å²) in [6, 6.07) is 0. The molecule has 0 aliphatic heterocycles. The number of rotatable bonds is 49. The fourth-order valence-electron chi connectivity index (χ4n) is 6.72. The highest BCUT2D eigenvalue weighted by molar-refractivity contribution is 5.72. The summed E-state index contributed by atoms with van der Waals surface area (Å²) >= 11 is 0. The molecule has 0 saturated carbocycles. The maximum absolute atomic E-state index is 12.8. The van der Waals surface area contributed by atoms with E-state index in [0.717, 1.165) is 116 Å². The zero-order valence-corrected chi connectivity index (χ0v) is 39.1. The maximum atomic E-state index is 12.8. The quantitative estimate of drug-likeness (QED) is 0.0430. The molecule has 0 N–H and O–H groups in total. The van der Waals surface area contributed by atoms with Gasteiger partial charge < -0.3 is 42.6 Å². The average molecular weight is 847 g/mol. The van der Waals surface area contributed by atoms with Crippen LogP contribution in [-0.2, 0) is 52.2 Å². The molecule has 3 atom stereocenters. The number of hydrogen-bond acceptors (Lipinski definition) is 11. The lowest BCUT2D eigenvalue weighted by Crippen LogP contribution is -2.27. The van der Waals surface area contributed by atoms with Crippen molar-refractivity contribution in [3.63, 3.8) is 0 Å². The highest BCUT2D eigenvalue weighted by atomic mass is 16.6. The zero-order chi connectivity index (χ0) is 43.1. The molecule has 0 spiro atoms. The van der Waals surface area contributed by atoms with Crippen LogP contribution in [0.25, 0.3) is 0 Å². The predicted molar refractivity (Wildman–Crippen MR) is 238 cm³/mol. The van der Waals surface area contributed by atoms with Crippen molar-refractivity contribution < 1.29 is 52.2 Å². The highest BCUT2D eigenvalue weighted by Gasteiger charge is 2.20. The summed E-state index contributed by atoms with van der Waals surface area (Å²) in [6.45, 7) is 16.2. The second-order valence-corrected chi connectivity index (χ2v) is 16.0. The SMILES string of the molecule is CCCCCCC(CCCC)C(=O)OCCCCCCOCC(COCCOCCOCCOCCOC)OCCCCCCOC(=O)C(CCCC)CCCCCC. The summed E-state index contributed by atoms with van der Waals surface area (Å²) in [5.41, 5.74) is 0. The number of esters is 2. The number of ether oxygens (including phenoxy) is 9. The first kappa shape index (κ1) is 57.7. The largest absolute Gasteiger partial charge is 0.465 e. The lowest BCUT2D eigenvalue weighted by molar-refractivity contribution is -0.150. The molecule has 0 rings (SSSR count). The van der Waals surface area contributed by atoms with Crippen molar-refractivity contribution >= 4 is 11.9 Å². The fourth-order valence-corrected chi connectivity index (χ4v) is 6.72. The second-order valence-electron chi connectivity index (χ2n) is 16.0. The molecule has 0 heterocycles. The van der Waals surface area contributed by atoms with Crippen molar-refractivity contribution in [2.75, 3.05) is 99.6 Å². The van der Waals surface area contributed by atoms with Gasteiger partial charge in [-0.05, 0) is 64.2 Å². The van der Waals surface area contributed by atoms with Crippen LogP contribution in [0.1, 0.15) is 182 Å². The summed E-state index contributed by atoms with van der Waals surface area (Å²) in [5.74, 6) is 0.115. The Morgan fingerprint density at radius 3 is 1.15 bits per heavy atom. The number of unbranched alkanes of at least 4 members (excludes halogenated alkanes) is 14. The summed E-state index contributed by atoms with van der Waals surface area (Å²) in [5, 5.41) is 0. The molecule has 11 heteroatoms. The van der Waals surface area contributed by atoms with Gasteiger partial charge in [0, 0.05) is 20.3 Å². The van der Waals surface area contributed by atoms with E-state index in [-0.39, 0.29) is 29.9 Å². The van der Waals surface area contributed by atoms with Gasteiger partial charge in [-0.15, -0.1) is 0 Å². The van der Waals surface area contributed by atoms with Crippen LogP contribution in [0.3, 0.4) is 0 Å². The molecule has 11 nitrogen and oxygen atoms in total. The van der Waals surface area contributed by atoms with E-state index < -0.39 is 0 Å². The van der Waals surface area contributed by atoms with Crippen molar-refractivity contribution in [1.82, 2.24) is 0 Å². The minimum Gasteiger partial charge on any atom is -0.465 e. The molecule has 59 heavy (non-hydrogen) atoms. The van der Waals surface area contributed by atoms with Crippen molar-refractivity contribution in [2.45, 2.75) is 188 Å². The molecule has 0 amide bonds. The van der Waals surface area contributed by atoms with Crippen LogP contribution in [0.2, 0.25) is 0 Å². The van der Waals surface area contributed by atoms with Crippen LogP contribution in [0, 0.1) is 11.8 Å². The normalized spacial score (nSPS) is 13.1. The van der Waals surface area contributed by atoms with Crippen LogP contribution in [-0.4, -0.2) is 118 Å². The van der Waals surface area contributed by atoms with E-state index in [4.69, 9.17) is 42.6 Å². The van der Waals surface area contributed by atoms with Crippen molar-refractivity contribution in [3.05, 3.63) is 0 Å².